The highest BCUT2D eigenvalue weighted by atomic mass is 16.6. The number of benzene rings is 1. The molecule has 0 amide bonds. The van der Waals surface area contributed by atoms with Crippen LogP contribution in [0.2, 0.25) is 0 Å². The van der Waals surface area contributed by atoms with Gasteiger partial charge < -0.3 is 15.2 Å². The Morgan fingerprint density at radius 3 is 2.50 bits per heavy atom. The molecule has 6 nitrogen and oxygen atoms in total. The van der Waals surface area contributed by atoms with E-state index in [2.05, 4.69) is 14.9 Å². The Balaban J connectivity index is 1.73. The maximum Gasteiger partial charge on any atom is 0.191 e. The predicted octanol–water partition coefficient (Wildman–Crippen LogP) is 1.67. The van der Waals surface area contributed by atoms with Crippen LogP contribution in [-0.2, 0) is 6.42 Å². The molecule has 0 unspecified atom stereocenters. The number of nitrogens with zero attached hydrogens (tertiary/aromatic N) is 2. The maximum atomic E-state index is 5.57. The van der Waals surface area contributed by atoms with E-state index in [0.29, 0.717) is 24.5 Å². The van der Waals surface area contributed by atoms with E-state index < -0.39 is 0 Å². The van der Waals surface area contributed by atoms with Crippen LogP contribution < -0.4 is 15.2 Å². The van der Waals surface area contributed by atoms with Crippen molar-refractivity contribution in [3.63, 3.8) is 0 Å². The normalized spacial score (nSPS) is 10.3. The van der Waals surface area contributed by atoms with Crippen molar-refractivity contribution in [2.45, 2.75) is 12.8 Å². The van der Waals surface area contributed by atoms with Gasteiger partial charge in [-0.25, -0.2) is 4.63 Å². The van der Waals surface area contributed by atoms with E-state index in [1.54, 1.807) is 7.11 Å². The summed E-state index contributed by atoms with van der Waals surface area (Å²) in [6.07, 6.45) is 1.48. The summed E-state index contributed by atoms with van der Waals surface area (Å²) in [6.45, 7) is 0.582. The summed E-state index contributed by atoms with van der Waals surface area (Å²) in [5.41, 5.74) is 6.22. The van der Waals surface area contributed by atoms with Gasteiger partial charge in [-0.15, -0.1) is 0 Å². The Bertz CT molecular complexity index is 482. The topological polar surface area (TPSA) is 83.4 Å². The van der Waals surface area contributed by atoms with Crippen LogP contribution in [0.5, 0.6) is 11.5 Å². The maximum absolute atomic E-state index is 5.57. The summed E-state index contributed by atoms with van der Waals surface area (Å²) in [6, 6.07) is 7.44. The van der Waals surface area contributed by atoms with Gasteiger partial charge in [-0.1, -0.05) is 5.16 Å². The van der Waals surface area contributed by atoms with Gasteiger partial charge in [0.05, 0.1) is 13.7 Å². The molecule has 1 aromatic carbocycles. The number of aromatic nitrogens is 2. The molecule has 0 aliphatic heterocycles. The first-order valence-electron chi connectivity index (χ1n) is 5.63. The van der Waals surface area contributed by atoms with Gasteiger partial charge in [0.1, 0.15) is 17.2 Å². The molecule has 0 saturated carbocycles. The number of anilines is 1. The van der Waals surface area contributed by atoms with Gasteiger partial charge in [-0.3, -0.25) is 0 Å². The molecule has 0 fully saturated rings. The van der Waals surface area contributed by atoms with E-state index in [1.165, 1.54) is 0 Å². The van der Waals surface area contributed by atoms with Crippen molar-refractivity contribution in [1.82, 2.24) is 10.3 Å². The fourth-order valence-corrected chi connectivity index (χ4v) is 1.49. The third kappa shape index (κ3) is 3.13. The van der Waals surface area contributed by atoms with Crippen LogP contribution in [0.25, 0.3) is 0 Å². The highest BCUT2D eigenvalue weighted by molar-refractivity contribution is 5.31. The number of nitrogens with two attached hydrogens (primary N) is 1. The first kappa shape index (κ1) is 12.2. The second-order valence-corrected chi connectivity index (χ2v) is 3.72. The number of hydrogen-bond donors (Lipinski definition) is 1. The van der Waals surface area contributed by atoms with Crippen molar-refractivity contribution >= 4 is 5.82 Å². The summed E-state index contributed by atoms with van der Waals surface area (Å²) >= 11 is 0. The van der Waals surface area contributed by atoms with E-state index in [0.717, 1.165) is 17.9 Å². The van der Waals surface area contributed by atoms with Gasteiger partial charge in [-0.05, 0) is 35.8 Å². The second kappa shape index (κ2) is 5.90. The molecular formula is C12H15N3O3. The standard InChI is InChI=1S/C12H15N3O3/c1-16-9-4-6-10(7-5-9)17-8-2-3-11-12(13)15-18-14-11/h4-7H,2-3,8H2,1H3,(H2,13,15). The van der Waals surface area contributed by atoms with E-state index in [1.807, 2.05) is 24.3 Å². The first-order chi connectivity index (χ1) is 8.79. The van der Waals surface area contributed by atoms with E-state index in [-0.39, 0.29) is 0 Å². The zero-order chi connectivity index (χ0) is 12.8. The third-order valence-electron chi connectivity index (χ3n) is 2.47. The molecule has 0 saturated heterocycles. The minimum absolute atomic E-state index is 0.347. The summed E-state index contributed by atoms with van der Waals surface area (Å²) in [5, 5.41) is 7.21. The monoisotopic (exact) mass is 249 g/mol. The van der Waals surface area contributed by atoms with Crippen LogP contribution in [0, 0.1) is 0 Å². The fraction of sp³-hybridized carbons (Fsp3) is 0.333. The Labute approximate surface area is 105 Å². The molecule has 2 rings (SSSR count). The zero-order valence-electron chi connectivity index (χ0n) is 10.1. The first-order valence-corrected chi connectivity index (χ1v) is 5.63. The van der Waals surface area contributed by atoms with Gasteiger partial charge in [0.2, 0.25) is 0 Å². The van der Waals surface area contributed by atoms with Crippen LogP contribution >= 0.6 is 0 Å². The molecule has 0 aliphatic rings. The van der Waals surface area contributed by atoms with Crippen LogP contribution in [0.4, 0.5) is 5.82 Å². The van der Waals surface area contributed by atoms with E-state index in [9.17, 15) is 0 Å². The Morgan fingerprint density at radius 1 is 1.17 bits per heavy atom. The molecule has 6 heteroatoms. The van der Waals surface area contributed by atoms with Gasteiger partial charge in [0.25, 0.3) is 0 Å². The molecule has 0 spiro atoms. The van der Waals surface area contributed by atoms with Crippen molar-refractivity contribution in [1.29, 1.82) is 0 Å². The van der Waals surface area contributed by atoms with Crippen LogP contribution in [-0.4, -0.2) is 24.0 Å². The predicted molar refractivity (Wildman–Crippen MR) is 65.5 cm³/mol. The lowest BCUT2D eigenvalue weighted by atomic mass is 10.2. The second-order valence-electron chi connectivity index (χ2n) is 3.72. The van der Waals surface area contributed by atoms with E-state index >= 15 is 0 Å². The van der Waals surface area contributed by atoms with Crippen LogP contribution in [0.1, 0.15) is 12.1 Å². The highest BCUT2D eigenvalue weighted by Crippen LogP contribution is 2.17. The summed E-state index contributed by atoms with van der Waals surface area (Å²) in [5.74, 6) is 1.96. The van der Waals surface area contributed by atoms with Crippen LogP contribution in [0.15, 0.2) is 28.9 Å². The molecule has 18 heavy (non-hydrogen) atoms. The number of methoxy groups -OCH3 is 1. The summed E-state index contributed by atoms with van der Waals surface area (Å²) < 4.78 is 15.1. The molecule has 1 heterocycles. The lowest BCUT2D eigenvalue weighted by molar-refractivity contribution is 0.296. The van der Waals surface area contributed by atoms with Crippen molar-refractivity contribution in [3.05, 3.63) is 30.0 Å². The van der Waals surface area contributed by atoms with Gasteiger partial charge in [0.15, 0.2) is 5.82 Å². The third-order valence-corrected chi connectivity index (χ3v) is 2.47. The molecule has 2 aromatic rings. The number of ether oxygens (including phenoxy) is 2. The van der Waals surface area contributed by atoms with Crippen molar-refractivity contribution in [2.24, 2.45) is 0 Å². The van der Waals surface area contributed by atoms with Crippen molar-refractivity contribution < 1.29 is 14.1 Å². The molecular weight excluding hydrogens is 234 g/mol. The summed E-state index contributed by atoms with van der Waals surface area (Å²) in [4.78, 5) is 0. The largest absolute Gasteiger partial charge is 0.497 e. The lowest BCUT2D eigenvalue weighted by Crippen LogP contribution is -2.01. The van der Waals surface area contributed by atoms with Gasteiger partial charge >= 0.3 is 0 Å². The molecule has 0 bridgehead atoms. The molecule has 0 aliphatic carbocycles. The molecule has 0 atom stereocenters. The SMILES string of the molecule is COc1ccc(OCCCc2nonc2N)cc1. The average molecular weight is 249 g/mol. The molecule has 2 N–H and O–H groups in total. The Hall–Kier alpha value is -2.24. The highest BCUT2D eigenvalue weighted by Gasteiger charge is 2.05. The van der Waals surface area contributed by atoms with Crippen molar-refractivity contribution in [3.8, 4) is 11.5 Å². The molecule has 0 radical (unpaired) electrons. The number of rotatable bonds is 6. The molecule has 1 aromatic heterocycles. The summed E-state index contributed by atoms with van der Waals surface area (Å²) in [7, 11) is 1.63. The molecule has 96 valence electrons. The minimum Gasteiger partial charge on any atom is -0.497 e. The van der Waals surface area contributed by atoms with Gasteiger partial charge in [-0.2, -0.15) is 0 Å². The van der Waals surface area contributed by atoms with Crippen molar-refractivity contribution in [2.75, 3.05) is 19.5 Å². The fourth-order valence-electron chi connectivity index (χ4n) is 1.49. The van der Waals surface area contributed by atoms with E-state index in [4.69, 9.17) is 15.2 Å². The smallest absolute Gasteiger partial charge is 0.191 e. The number of hydrogen-bond acceptors (Lipinski definition) is 6. The number of nitrogen functional groups attached to an aromatic ring is 1. The Morgan fingerprint density at radius 2 is 1.89 bits per heavy atom. The Kier molecular flexibility index (Phi) is 4.01. The average Bonchev–Trinajstić information content (AvgIpc) is 2.81. The quantitative estimate of drug-likeness (QED) is 0.784. The minimum atomic E-state index is 0.347. The van der Waals surface area contributed by atoms with Crippen LogP contribution in [0.3, 0.4) is 0 Å². The number of aryl methyl sites for hydroxylation is 1. The zero-order valence-corrected chi connectivity index (χ0v) is 10.1. The van der Waals surface area contributed by atoms with Gasteiger partial charge in [0, 0.05) is 6.42 Å². The lowest BCUT2D eigenvalue weighted by Gasteiger charge is -2.06.